The molecule has 1 aliphatic carbocycles. The van der Waals surface area contributed by atoms with E-state index in [1.165, 1.54) is 0 Å². The molecule has 2 aromatic rings. The SMILES string of the molecule is CCNc1nc(Cl)nc(N(Cc2ccco2)C2CC2)n1. The molecule has 0 aromatic carbocycles. The molecule has 0 spiro atoms. The Kier molecular flexibility index (Phi) is 3.73. The lowest BCUT2D eigenvalue weighted by atomic mass is 10.4. The normalized spacial score (nSPS) is 14.3. The summed E-state index contributed by atoms with van der Waals surface area (Å²) >= 11 is 5.98. The fourth-order valence-corrected chi connectivity index (χ4v) is 2.18. The van der Waals surface area contributed by atoms with Crippen LogP contribution in [0.5, 0.6) is 0 Å². The molecule has 2 heterocycles. The minimum atomic E-state index is 0.205. The van der Waals surface area contributed by atoms with E-state index in [4.69, 9.17) is 16.0 Å². The van der Waals surface area contributed by atoms with Crippen molar-refractivity contribution in [3.63, 3.8) is 0 Å². The van der Waals surface area contributed by atoms with Crippen molar-refractivity contribution in [1.29, 1.82) is 0 Å². The minimum Gasteiger partial charge on any atom is -0.467 e. The van der Waals surface area contributed by atoms with Gasteiger partial charge in [-0.1, -0.05) is 0 Å². The number of furan rings is 1. The summed E-state index contributed by atoms with van der Waals surface area (Å²) in [6, 6.07) is 4.28. The summed E-state index contributed by atoms with van der Waals surface area (Å²) in [4.78, 5) is 14.9. The van der Waals surface area contributed by atoms with Crippen LogP contribution in [-0.4, -0.2) is 27.5 Å². The lowest BCUT2D eigenvalue weighted by Gasteiger charge is -2.21. The average molecular weight is 294 g/mol. The van der Waals surface area contributed by atoms with Crippen LogP contribution in [0.15, 0.2) is 22.8 Å². The van der Waals surface area contributed by atoms with E-state index in [2.05, 4.69) is 25.2 Å². The smallest absolute Gasteiger partial charge is 0.232 e. The Morgan fingerprint density at radius 2 is 2.25 bits per heavy atom. The van der Waals surface area contributed by atoms with Gasteiger partial charge in [-0.2, -0.15) is 15.0 Å². The summed E-state index contributed by atoms with van der Waals surface area (Å²) in [5.74, 6) is 1.99. The summed E-state index contributed by atoms with van der Waals surface area (Å²) in [5.41, 5.74) is 0. The van der Waals surface area contributed by atoms with Crippen molar-refractivity contribution >= 4 is 23.5 Å². The third kappa shape index (κ3) is 3.01. The highest BCUT2D eigenvalue weighted by Crippen LogP contribution is 2.32. The molecule has 0 unspecified atom stereocenters. The van der Waals surface area contributed by atoms with E-state index < -0.39 is 0 Å². The van der Waals surface area contributed by atoms with Crippen LogP contribution >= 0.6 is 11.6 Å². The maximum atomic E-state index is 5.98. The number of hydrogen-bond donors (Lipinski definition) is 1. The number of anilines is 2. The van der Waals surface area contributed by atoms with Crippen LogP contribution < -0.4 is 10.2 Å². The van der Waals surface area contributed by atoms with Crippen LogP contribution in [0.25, 0.3) is 0 Å². The average Bonchev–Trinajstić information content (AvgIpc) is 3.12. The molecule has 0 atom stereocenters. The zero-order chi connectivity index (χ0) is 13.9. The summed E-state index contributed by atoms with van der Waals surface area (Å²) < 4.78 is 5.41. The number of nitrogens with zero attached hydrogens (tertiary/aromatic N) is 4. The molecule has 6 nitrogen and oxygen atoms in total. The van der Waals surface area contributed by atoms with Crippen LogP contribution in [0.2, 0.25) is 5.28 Å². The Labute approximate surface area is 122 Å². The first kappa shape index (κ1) is 13.2. The molecular formula is C13H16ClN5O. The third-order valence-corrected chi connectivity index (χ3v) is 3.25. The van der Waals surface area contributed by atoms with Gasteiger partial charge < -0.3 is 14.6 Å². The van der Waals surface area contributed by atoms with Gasteiger partial charge in [-0.15, -0.1) is 0 Å². The van der Waals surface area contributed by atoms with Gasteiger partial charge in [-0.3, -0.25) is 0 Å². The van der Waals surface area contributed by atoms with Crippen LogP contribution in [-0.2, 0) is 6.54 Å². The quantitative estimate of drug-likeness (QED) is 0.883. The molecule has 2 aromatic heterocycles. The third-order valence-electron chi connectivity index (χ3n) is 3.08. The second-order valence-electron chi connectivity index (χ2n) is 4.70. The Morgan fingerprint density at radius 1 is 1.40 bits per heavy atom. The van der Waals surface area contributed by atoms with E-state index in [-0.39, 0.29) is 5.28 Å². The number of halogens is 1. The zero-order valence-electron chi connectivity index (χ0n) is 11.2. The summed E-state index contributed by atoms with van der Waals surface area (Å²) in [7, 11) is 0. The van der Waals surface area contributed by atoms with E-state index in [1.54, 1.807) is 6.26 Å². The molecule has 7 heteroatoms. The Morgan fingerprint density at radius 3 is 2.90 bits per heavy atom. The molecule has 0 saturated heterocycles. The van der Waals surface area contributed by atoms with Gasteiger partial charge in [0.2, 0.25) is 17.2 Å². The van der Waals surface area contributed by atoms with Gasteiger partial charge in [0.1, 0.15) is 5.76 Å². The first-order valence-corrected chi connectivity index (χ1v) is 7.08. The summed E-state index contributed by atoms with van der Waals surface area (Å²) in [6.07, 6.45) is 3.95. The van der Waals surface area contributed by atoms with Gasteiger partial charge in [-0.25, -0.2) is 0 Å². The number of rotatable bonds is 6. The highest BCUT2D eigenvalue weighted by atomic mass is 35.5. The summed E-state index contributed by atoms with van der Waals surface area (Å²) in [5, 5.41) is 3.27. The van der Waals surface area contributed by atoms with Crippen LogP contribution in [0.1, 0.15) is 25.5 Å². The Bertz CT molecular complexity index is 570. The molecule has 106 valence electrons. The zero-order valence-corrected chi connectivity index (χ0v) is 12.0. The first-order valence-electron chi connectivity index (χ1n) is 6.70. The van der Waals surface area contributed by atoms with Gasteiger partial charge in [0, 0.05) is 12.6 Å². The highest BCUT2D eigenvalue weighted by molar-refractivity contribution is 6.28. The van der Waals surface area contributed by atoms with Crippen molar-refractivity contribution in [3.8, 4) is 0 Å². The maximum absolute atomic E-state index is 5.98. The predicted molar refractivity (Wildman–Crippen MR) is 76.9 cm³/mol. The van der Waals surface area contributed by atoms with Gasteiger partial charge >= 0.3 is 0 Å². The van der Waals surface area contributed by atoms with Crippen molar-refractivity contribution in [2.45, 2.75) is 32.4 Å². The number of aromatic nitrogens is 3. The van der Waals surface area contributed by atoms with Crippen molar-refractivity contribution in [2.75, 3.05) is 16.8 Å². The van der Waals surface area contributed by atoms with Crippen molar-refractivity contribution in [2.24, 2.45) is 0 Å². The lowest BCUT2D eigenvalue weighted by Crippen LogP contribution is -2.27. The van der Waals surface area contributed by atoms with E-state index in [9.17, 15) is 0 Å². The monoisotopic (exact) mass is 293 g/mol. The van der Waals surface area contributed by atoms with Gasteiger partial charge in [0.25, 0.3) is 0 Å². The molecule has 1 fully saturated rings. The van der Waals surface area contributed by atoms with Crippen molar-refractivity contribution < 1.29 is 4.42 Å². The second-order valence-corrected chi connectivity index (χ2v) is 5.03. The van der Waals surface area contributed by atoms with Crippen molar-refractivity contribution in [1.82, 2.24) is 15.0 Å². The molecule has 3 rings (SSSR count). The Balaban J connectivity index is 1.86. The van der Waals surface area contributed by atoms with Gasteiger partial charge in [0.15, 0.2) is 0 Å². The largest absolute Gasteiger partial charge is 0.467 e. The predicted octanol–water partition coefficient (Wildman–Crippen LogP) is 2.72. The van der Waals surface area contributed by atoms with Gasteiger partial charge in [0.05, 0.1) is 12.8 Å². The minimum absolute atomic E-state index is 0.205. The van der Waals surface area contributed by atoms with Crippen LogP contribution in [0.3, 0.4) is 0 Å². The molecule has 1 N–H and O–H groups in total. The molecule has 0 radical (unpaired) electrons. The maximum Gasteiger partial charge on any atom is 0.232 e. The lowest BCUT2D eigenvalue weighted by molar-refractivity contribution is 0.499. The van der Waals surface area contributed by atoms with E-state index >= 15 is 0 Å². The van der Waals surface area contributed by atoms with E-state index in [0.29, 0.717) is 24.5 Å². The summed E-state index contributed by atoms with van der Waals surface area (Å²) in [6.45, 7) is 3.36. The van der Waals surface area contributed by atoms with E-state index in [1.807, 2.05) is 19.1 Å². The standard InChI is InChI=1S/C13H16ClN5O/c1-2-15-12-16-11(14)17-13(18-12)19(9-5-6-9)8-10-4-3-7-20-10/h3-4,7,9H,2,5-6,8H2,1H3,(H,15,16,17,18). The van der Waals surface area contributed by atoms with Crippen LogP contribution in [0, 0.1) is 0 Å². The second kappa shape index (κ2) is 5.66. The number of nitrogens with one attached hydrogen (secondary N) is 1. The molecule has 1 aliphatic rings. The van der Waals surface area contributed by atoms with E-state index in [0.717, 1.165) is 25.1 Å². The molecule has 1 saturated carbocycles. The molecule has 0 aliphatic heterocycles. The molecule has 0 amide bonds. The number of hydrogen-bond acceptors (Lipinski definition) is 6. The first-order chi connectivity index (χ1) is 9.76. The topological polar surface area (TPSA) is 67.1 Å². The highest BCUT2D eigenvalue weighted by Gasteiger charge is 2.32. The Hall–Kier alpha value is -1.82. The molecule has 0 bridgehead atoms. The fourth-order valence-electron chi connectivity index (χ4n) is 2.02. The molecule has 20 heavy (non-hydrogen) atoms. The van der Waals surface area contributed by atoms with Gasteiger partial charge in [-0.05, 0) is 43.5 Å². The van der Waals surface area contributed by atoms with Crippen molar-refractivity contribution in [3.05, 3.63) is 29.4 Å². The fraction of sp³-hybridized carbons (Fsp3) is 0.462. The molecular weight excluding hydrogens is 278 g/mol. The van der Waals surface area contributed by atoms with Crippen LogP contribution in [0.4, 0.5) is 11.9 Å².